The van der Waals surface area contributed by atoms with Gasteiger partial charge in [-0.05, 0) is 25.1 Å². The monoisotopic (exact) mass is 345 g/mol. The SMILES string of the molecule is CC(OC(=O)c1ccc([N+](=O)[O-])s1)c1nnc(-c2ccccc2)o1. The van der Waals surface area contributed by atoms with E-state index in [9.17, 15) is 14.9 Å². The van der Waals surface area contributed by atoms with E-state index in [0.29, 0.717) is 5.89 Å². The second-order valence-electron chi connectivity index (χ2n) is 4.75. The van der Waals surface area contributed by atoms with Gasteiger partial charge in [-0.3, -0.25) is 10.1 Å². The summed E-state index contributed by atoms with van der Waals surface area (Å²) in [4.78, 5) is 22.2. The highest BCUT2D eigenvalue weighted by Gasteiger charge is 2.22. The summed E-state index contributed by atoms with van der Waals surface area (Å²) in [5.74, 6) is -0.214. The summed E-state index contributed by atoms with van der Waals surface area (Å²) >= 11 is 0.748. The number of benzene rings is 1. The molecule has 0 N–H and O–H groups in total. The largest absolute Gasteiger partial charge is 0.448 e. The molecule has 1 aromatic carbocycles. The van der Waals surface area contributed by atoms with E-state index < -0.39 is 17.0 Å². The number of carbonyl (C=O) groups excluding carboxylic acids is 1. The van der Waals surface area contributed by atoms with Crippen LogP contribution in [0.2, 0.25) is 0 Å². The third kappa shape index (κ3) is 3.30. The van der Waals surface area contributed by atoms with Gasteiger partial charge in [0, 0.05) is 11.6 Å². The van der Waals surface area contributed by atoms with Gasteiger partial charge < -0.3 is 9.15 Å². The number of hydrogen-bond acceptors (Lipinski definition) is 8. The summed E-state index contributed by atoms with van der Waals surface area (Å²) in [6.07, 6.45) is -0.774. The molecular formula is C15H11N3O5S. The highest BCUT2D eigenvalue weighted by Crippen LogP contribution is 2.27. The van der Waals surface area contributed by atoms with E-state index in [1.165, 1.54) is 12.1 Å². The van der Waals surface area contributed by atoms with Gasteiger partial charge in [0.15, 0.2) is 6.10 Å². The zero-order valence-corrected chi connectivity index (χ0v) is 13.2. The minimum Gasteiger partial charge on any atom is -0.448 e. The summed E-state index contributed by atoms with van der Waals surface area (Å²) in [6, 6.07) is 11.8. The van der Waals surface area contributed by atoms with Crippen molar-refractivity contribution >= 4 is 22.3 Å². The van der Waals surface area contributed by atoms with Crippen LogP contribution in [0.1, 0.15) is 28.6 Å². The van der Waals surface area contributed by atoms with Crippen LogP contribution in [-0.4, -0.2) is 21.1 Å². The van der Waals surface area contributed by atoms with Crippen LogP contribution in [0.3, 0.4) is 0 Å². The van der Waals surface area contributed by atoms with E-state index in [2.05, 4.69) is 10.2 Å². The van der Waals surface area contributed by atoms with E-state index in [4.69, 9.17) is 9.15 Å². The highest BCUT2D eigenvalue weighted by atomic mass is 32.1. The van der Waals surface area contributed by atoms with Crippen LogP contribution in [0.25, 0.3) is 11.5 Å². The van der Waals surface area contributed by atoms with Gasteiger partial charge in [0.1, 0.15) is 4.88 Å². The third-order valence-electron chi connectivity index (χ3n) is 3.07. The molecule has 8 nitrogen and oxygen atoms in total. The Bertz CT molecular complexity index is 874. The Kier molecular flexibility index (Phi) is 4.34. The standard InChI is InChI=1S/C15H11N3O5S/c1-9(22-15(19)11-7-8-12(24-11)18(20)21)13-16-17-14(23-13)10-5-3-2-4-6-10/h2-9H,1H3. The topological polar surface area (TPSA) is 108 Å². The number of esters is 1. The number of nitrogens with zero attached hydrogens (tertiary/aromatic N) is 3. The first kappa shape index (κ1) is 15.8. The average molecular weight is 345 g/mol. The van der Waals surface area contributed by atoms with Crippen molar-refractivity contribution in [3.05, 3.63) is 63.3 Å². The number of rotatable bonds is 5. The smallest absolute Gasteiger partial charge is 0.349 e. The zero-order chi connectivity index (χ0) is 17.1. The summed E-state index contributed by atoms with van der Waals surface area (Å²) in [5.41, 5.74) is 0.753. The second kappa shape index (κ2) is 6.59. The van der Waals surface area contributed by atoms with Crippen molar-refractivity contribution in [1.29, 1.82) is 0 Å². The van der Waals surface area contributed by atoms with Gasteiger partial charge in [0.25, 0.3) is 5.89 Å². The van der Waals surface area contributed by atoms with Crippen LogP contribution in [0, 0.1) is 10.1 Å². The van der Waals surface area contributed by atoms with Crippen LogP contribution in [0.4, 0.5) is 5.00 Å². The zero-order valence-electron chi connectivity index (χ0n) is 12.4. The molecule has 0 amide bonds. The fourth-order valence-electron chi connectivity index (χ4n) is 1.90. The number of thiophene rings is 1. The van der Waals surface area contributed by atoms with E-state index >= 15 is 0 Å². The molecule has 122 valence electrons. The Morgan fingerprint density at radius 2 is 2.00 bits per heavy atom. The Labute approximate surface area is 139 Å². The number of hydrogen-bond donors (Lipinski definition) is 0. The predicted molar refractivity (Wildman–Crippen MR) is 84.5 cm³/mol. The number of carbonyl (C=O) groups is 1. The van der Waals surface area contributed by atoms with Crippen LogP contribution in [0.15, 0.2) is 46.9 Å². The first-order valence-electron chi connectivity index (χ1n) is 6.88. The van der Waals surface area contributed by atoms with Crippen molar-refractivity contribution in [3.8, 4) is 11.5 Å². The van der Waals surface area contributed by atoms with Crippen molar-refractivity contribution < 1.29 is 18.9 Å². The molecule has 1 unspecified atom stereocenters. The fourth-order valence-corrected chi connectivity index (χ4v) is 2.60. The molecule has 0 saturated carbocycles. The minimum absolute atomic E-state index is 0.126. The van der Waals surface area contributed by atoms with Gasteiger partial charge in [-0.2, -0.15) is 0 Å². The second-order valence-corrected chi connectivity index (χ2v) is 5.82. The fraction of sp³-hybridized carbons (Fsp3) is 0.133. The maximum atomic E-state index is 12.0. The molecule has 2 heterocycles. The third-order valence-corrected chi connectivity index (χ3v) is 4.08. The molecular weight excluding hydrogens is 334 g/mol. The quantitative estimate of drug-likeness (QED) is 0.394. The van der Waals surface area contributed by atoms with E-state index in [0.717, 1.165) is 16.9 Å². The van der Waals surface area contributed by atoms with Gasteiger partial charge in [-0.25, -0.2) is 4.79 Å². The molecule has 9 heteroatoms. The molecule has 3 rings (SSSR count). The maximum absolute atomic E-state index is 12.0. The highest BCUT2D eigenvalue weighted by molar-refractivity contribution is 7.17. The molecule has 2 aromatic heterocycles. The van der Waals surface area contributed by atoms with E-state index in [1.54, 1.807) is 6.92 Å². The van der Waals surface area contributed by atoms with Crippen LogP contribution < -0.4 is 0 Å². The van der Waals surface area contributed by atoms with Crippen LogP contribution in [-0.2, 0) is 4.74 Å². The lowest BCUT2D eigenvalue weighted by atomic mass is 10.2. The number of aromatic nitrogens is 2. The van der Waals surface area contributed by atoms with Crippen molar-refractivity contribution in [2.75, 3.05) is 0 Å². The van der Waals surface area contributed by atoms with Gasteiger partial charge in [-0.15, -0.1) is 10.2 Å². The number of ether oxygens (including phenoxy) is 1. The lowest BCUT2D eigenvalue weighted by molar-refractivity contribution is -0.380. The molecule has 0 bridgehead atoms. The Hall–Kier alpha value is -3.07. The molecule has 0 fully saturated rings. The molecule has 1 atom stereocenters. The van der Waals surface area contributed by atoms with E-state index in [-0.39, 0.29) is 15.8 Å². The van der Waals surface area contributed by atoms with Gasteiger partial charge in [0.05, 0.1) is 4.92 Å². The van der Waals surface area contributed by atoms with E-state index in [1.807, 2.05) is 30.3 Å². The average Bonchev–Trinajstić information content (AvgIpc) is 3.25. The first-order valence-corrected chi connectivity index (χ1v) is 7.70. The van der Waals surface area contributed by atoms with Crippen molar-refractivity contribution in [1.82, 2.24) is 10.2 Å². The van der Waals surface area contributed by atoms with Crippen LogP contribution in [0.5, 0.6) is 0 Å². The summed E-state index contributed by atoms with van der Waals surface area (Å²) in [6.45, 7) is 1.59. The minimum atomic E-state index is -0.774. The Morgan fingerprint density at radius 3 is 2.67 bits per heavy atom. The molecule has 24 heavy (non-hydrogen) atoms. The molecule has 3 aromatic rings. The molecule has 0 spiro atoms. The van der Waals surface area contributed by atoms with Crippen molar-refractivity contribution in [3.63, 3.8) is 0 Å². The molecule has 0 radical (unpaired) electrons. The number of nitro groups is 1. The normalized spacial score (nSPS) is 11.9. The van der Waals surface area contributed by atoms with Crippen molar-refractivity contribution in [2.45, 2.75) is 13.0 Å². The molecule has 0 aliphatic heterocycles. The molecule has 0 saturated heterocycles. The van der Waals surface area contributed by atoms with Gasteiger partial charge >= 0.3 is 11.0 Å². The molecule has 0 aliphatic rings. The Morgan fingerprint density at radius 1 is 1.25 bits per heavy atom. The first-order chi connectivity index (χ1) is 11.5. The summed E-state index contributed by atoms with van der Waals surface area (Å²) in [5, 5.41) is 18.3. The lowest BCUT2D eigenvalue weighted by Crippen LogP contribution is -2.08. The predicted octanol–water partition coefficient (Wildman–Crippen LogP) is 3.62. The van der Waals surface area contributed by atoms with Gasteiger partial charge in [0.2, 0.25) is 5.89 Å². The summed E-state index contributed by atoms with van der Waals surface area (Å²) in [7, 11) is 0. The van der Waals surface area contributed by atoms with Crippen molar-refractivity contribution in [2.24, 2.45) is 0 Å². The van der Waals surface area contributed by atoms with Crippen LogP contribution >= 0.6 is 11.3 Å². The Balaban J connectivity index is 1.70. The maximum Gasteiger partial charge on any atom is 0.349 e. The lowest BCUT2D eigenvalue weighted by Gasteiger charge is -2.07. The van der Waals surface area contributed by atoms with Gasteiger partial charge in [-0.1, -0.05) is 29.5 Å². The molecule has 0 aliphatic carbocycles. The summed E-state index contributed by atoms with van der Waals surface area (Å²) < 4.78 is 10.7.